The lowest BCUT2D eigenvalue weighted by molar-refractivity contribution is 0.514. The Morgan fingerprint density at radius 2 is 1.96 bits per heavy atom. The van der Waals surface area contributed by atoms with E-state index in [9.17, 15) is 4.79 Å². The van der Waals surface area contributed by atoms with Crippen LogP contribution < -0.4 is 10.9 Å². The van der Waals surface area contributed by atoms with Crippen LogP contribution in [0.2, 0.25) is 0 Å². The number of aryl methyl sites for hydroxylation is 1. The first-order valence-electron chi connectivity index (χ1n) is 8.04. The highest BCUT2D eigenvalue weighted by Crippen LogP contribution is 2.19. The van der Waals surface area contributed by atoms with Crippen molar-refractivity contribution in [1.82, 2.24) is 14.7 Å². The van der Waals surface area contributed by atoms with Crippen LogP contribution in [-0.4, -0.2) is 9.38 Å². The van der Waals surface area contributed by atoms with E-state index < -0.39 is 0 Å². The summed E-state index contributed by atoms with van der Waals surface area (Å²) in [6.45, 7) is 4.67. The lowest BCUT2D eigenvalue weighted by Gasteiger charge is -2.17. The first kappa shape index (κ1) is 16.9. The molecule has 1 atom stereocenters. The molecular formula is C19H20BrN3O. The molecule has 124 valence electrons. The molecule has 1 unspecified atom stereocenters. The van der Waals surface area contributed by atoms with Crippen LogP contribution in [0.4, 0.5) is 0 Å². The van der Waals surface area contributed by atoms with Gasteiger partial charge in [-0.25, -0.2) is 4.98 Å². The molecule has 0 saturated heterocycles. The number of nitrogens with one attached hydrogen (secondary N) is 1. The van der Waals surface area contributed by atoms with Crippen molar-refractivity contribution in [3.05, 3.63) is 80.3 Å². The molecule has 24 heavy (non-hydrogen) atoms. The topological polar surface area (TPSA) is 46.4 Å². The van der Waals surface area contributed by atoms with Crippen molar-refractivity contribution >= 4 is 21.6 Å². The van der Waals surface area contributed by atoms with Crippen molar-refractivity contribution in [1.29, 1.82) is 0 Å². The Hall–Kier alpha value is -1.98. The quantitative estimate of drug-likeness (QED) is 0.721. The van der Waals surface area contributed by atoms with Gasteiger partial charge in [0.15, 0.2) is 0 Å². The highest BCUT2D eigenvalue weighted by molar-refractivity contribution is 9.10. The molecule has 0 radical (unpaired) electrons. The molecule has 3 rings (SSSR count). The maximum atomic E-state index is 12.3. The maximum Gasteiger partial charge on any atom is 0.258 e. The lowest BCUT2D eigenvalue weighted by Crippen LogP contribution is -2.23. The summed E-state index contributed by atoms with van der Waals surface area (Å²) < 4.78 is 2.66. The first-order valence-corrected chi connectivity index (χ1v) is 8.84. The fraction of sp³-hybridized carbons (Fsp3) is 0.263. The van der Waals surface area contributed by atoms with Crippen LogP contribution in [0.15, 0.2) is 57.9 Å². The van der Waals surface area contributed by atoms with Gasteiger partial charge in [0, 0.05) is 29.3 Å². The molecule has 0 fully saturated rings. The molecule has 4 nitrogen and oxygen atoms in total. The van der Waals surface area contributed by atoms with Crippen molar-refractivity contribution in [2.45, 2.75) is 32.9 Å². The van der Waals surface area contributed by atoms with E-state index in [0.29, 0.717) is 12.2 Å². The standard InChI is InChI=1S/C19H20BrN3O/c1-3-17(14-5-7-15(20)8-6-14)21-11-16-10-19(24)23-12-13(2)4-9-18(23)22-16/h4-10,12,17,21H,3,11H2,1-2H3. The van der Waals surface area contributed by atoms with Gasteiger partial charge >= 0.3 is 0 Å². The molecule has 0 amide bonds. The fourth-order valence-electron chi connectivity index (χ4n) is 2.77. The van der Waals surface area contributed by atoms with Gasteiger partial charge in [-0.2, -0.15) is 0 Å². The Morgan fingerprint density at radius 1 is 1.21 bits per heavy atom. The Labute approximate surface area is 149 Å². The molecular weight excluding hydrogens is 366 g/mol. The molecule has 0 saturated carbocycles. The molecule has 0 bridgehead atoms. The third-order valence-corrected chi connectivity index (χ3v) is 4.60. The van der Waals surface area contributed by atoms with Crippen molar-refractivity contribution in [3.63, 3.8) is 0 Å². The monoisotopic (exact) mass is 385 g/mol. The number of nitrogens with zero attached hydrogens (tertiary/aromatic N) is 2. The minimum atomic E-state index is -0.0443. The zero-order chi connectivity index (χ0) is 17.1. The Morgan fingerprint density at radius 3 is 2.67 bits per heavy atom. The Balaban J connectivity index is 1.80. The molecule has 0 aliphatic heterocycles. The van der Waals surface area contributed by atoms with Crippen molar-refractivity contribution < 1.29 is 0 Å². The van der Waals surface area contributed by atoms with E-state index in [1.54, 1.807) is 10.5 Å². The van der Waals surface area contributed by atoms with E-state index >= 15 is 0 Å². The van der Waals surface area contributed by atoms with Crippen LogP contribution in [0.5, 0.6) is 0 Å². The highest BCUT2D eigenvalue weighted by atomic mass is 79.9. The average molecular weight is 386 g/mol. The van der Waals surface area contributed by atoms with E-state index in [0.717, 1.165) is 22.2 Å². The van der Waals surface area contributed by atoms with Crippen LogP contribution in [0.3, 0.4) is 0 Å². The summed E-state index contributed by atoms with van der Waals surface area (Å²) in [6.07, 6.45) is 2.78. The van der Waals surface area contributed by atoms with Crippen molar-refractivity contribution in [3.8, 4) is 0 Å². The minimum Gasteiger partial charge on any atom is -0.304 e. The van der Waals surface area contributed by atoms with Gasteiger partial charge < -0.3 is 5.32 Å². The summed E-state index contributed by atoms with van der Waals surface area (Å²) in [5.41, 5.74) is 3.67. The van der Waals surface area contributed by atoms with Gasteiger partial charge in [-0.3, -0.25) is 9.20 Å². The number of aromatic nitrogens is 2. The number of rotatable bonds is 5. The predicted molar refractivity (Wildman–Crippen MR) is 100 cm³/mol. The van der Waals surface area contributed by atoms with E-state index in [2.05, 4.69) is 45.3 Å². The number of hydrogen-bond acceptors (Lipinski definition) is 3. The van der Waals surface area contributed by atoms with Gasteiger partial charge in [0.1, 0.15) is 5.65 Å². The van der Waals surface area contributed by atoms with Gasteiger partial charge in [0.05, 0.1) is 5.69 Å². The van der Waals surface area contributed by atoms with Crippen molar-refractivity contribution in [2.75, 3.05) is 0 Å². The first-order chi connectivity index (χ1) is 11.6. The van der Waals surface area contributed by atoms with E-state index in [1.165, 1.54) is 5.56 Å². The van der Waals surface area contributed by atoms with Crippen LogP contribution in [0.1, 0.15) is 36.2 Å². The maximum absolute atomic E-state index is 12.3. The number of benzene rings is 1. The second-order valence-corrected chi connectivity index (χ2v) is 6.83. The smallest absolute Gasteiger partial charge is 0.258 e. The predicted octanol–water partition coefficient (Wildman–Crippen LogP) is 4.01. The number of hydrogen-bond donors (Lipinski definition) is 1. The number of pyridine rings is 1. The third-order valence-electron chi connectivity index (χ3n) is 4.07. The average Bonchev–Trinajstić information content (AvgIpc) is 2.57. The van der Waals surface area contributed by atoms with Crippen molar-refractivity contribution in [2.24, 2.45) is 0 Å². The molecule has 5 heteroatoms. The van der Waals surface area contributed by atoms with Crippen LogP contribution in [0, 0.1) is 6.92 Å². The fourth-order valence-corrected chi connectivity index (χ4v) is 3.03. The molecule has 0 aliphatic carbocycles. The van der Waals surface area contributed by atoms with Gasteiger partial charge in [-0.05, 0) is 42.7 Å². The van der Waals surface area contributed by atoms with Gasteiger partial charge in [-0.1, -0.05) is 41.1 Å². The summed E-state index contributed by atoms with van der Waals surface area (Å²) in [7, 11) is 0. The van der Waals surface area contributed by atoms with Crippen LogP contribution in [0.25, 0.3) is 5.65 Å². The second-order valence-electron chi connectivity index (χ2n) is 5.91. The Kier molecular flexibility index (Phi) is 5.11. The Bertz CT molecular complexity index is 903. The van der Waals surface area contributed by atoms with Crippen LogP contribution >= 0.6 is 15.9 Å². The van der Waals surface area contributed by atoms with Crippen LogP contribution in [-0.2, 0) is 6.54 Å². The molecule has 2 heterocycles. The molecule has 0 aliphatic rings. The number of fused-ring (bicyclic) bond motifs is 1. The SMILES string of the molecule is CCC(NCc1cc(=O)n2cc(C)ccc2n1)c1ccc(Br)cc1. The molecule has 0 spiro atoms. The van der Waals surface area contributed by atoms with E-state index in [1.807, 2.05) is 37.4 Å². The summed E-state index contributed by atoms with van der Waals surface area (Å²) >= 11 is 3.46. The zero-order valence-corrected chi connectivity index (χ0v) is 15.4. The minimum absolute atomic E-state index is 0.0443. The number of halogens is 1. The molecule has 1 aromatic carbocycles. The summed E-state index contributed by atoms with van der Waals surface area (Å²) in [5, 5.41) is 3.50. The zero-order valence-electron chi connectivity index (χ0n) is 13.8. The third kappa shape index (κ3) is 3.74. The summed E-state index contributed by atoms with van der Waals surface area (Å²) in [5.74, 6) is 0. The van der Waals surface area contributed by atoms with E-state index in [4.69, 9.17) is 0 Å². The van der Waals surface area contributed by atoms with Gasteiger partial charge in [-0.15, -0.1) is 0 Å². The summed E-state index contributed by atoms with van der Waals surface area (Å²) in [6, 6.07) is 14.0. The largest absolute Gasteiger partial charge is 0.304 e. The normalized spacial score (nSPS) is 12.5. The lowest BCUT2D eigenvalue weighted by atomic mass is 10.0. The highest BCUT2D eigenvalue weighted by Gasteiger charge is 2.10. The second kappa shape index (κ2) is 7.28. The van der Waals surface area contributed by atoms with E-state index in [-0.39, 0.29) is 11.6 Å². The summed E-state index contributed by atoms with van der Waals surface area (Å²) in [4.78, 5) is 16.8. The molecule has 3 aromatic rings. The molecule has 2 aromatic heterocycles. The molecule has 1 N–H and O–H groups in total. The van der Waals surface area contributed by atoms with Gasteiger partial charge in [0.25, 0.3) is 5.56 Å². The van der Waals surface area contributed by atoms with Gasteiger partial charge in [0.2, 0.25) is 0 Å².